The van der Waals surface area contributed by atoms with E-state index in [0.29, 0.717) is 12.6 Å². The fourth-order valence-corrected chi connectivity index (χ4v) is 4.74. The van der Waals surface area contributed by atoms with E-state index in [0.717, 1.165) is 54.0 Å². The summed E-state index contributed by atoms with van der Waals surface area (Å²) in [6, 6.07) is 28.2. The molecule has 2 amide bonds. The van der Waals surface area contributed by atoms with Crippen LogP contribution in [0.4, 0.5) is 16.3 Å². The van der Waals surface area contributed by atoms with Crippen molar-refractivity contribution in [2.45, 2.75) is 51.3 Å². The number of fused-ring (bicyclic) bond motifs is 1. The van der Waals surface area contributed by atoms with Gasteiger partial charge >= 0.3 is 6.03 Å². The number of hydrogen-bond donors (Lipinski definition) is 3. The van der Waals surface area contributed by atoms with Gasteiger partial charge in [-0.3, -0.25) is 0 Å². The summed E-state index contributed by atoms with van der Waals surface area (Å²) >= 11 is 0. The Bertz CT molecular complexity index is 1300. The summed E-state index contributed by atoms with van der Waals surface area (Å²) in [5.41, 5.74) is 4.11. The first-order chi connectivity index (χ1) is 17.6. The van der Waals surface area contributed by atoms with E-state index in [2.05, 4.69) is 41.1 Å². The van der Waals surface area contributed by atoms with Crippen molar-refractivity contribution < 1.29 is 9.53 Å². The number of amides is 2. The van der Waals surface area contributed by atoms with Crippen molar-refractivity contribution >= 4 is 28.4 Å². The van der Waals surface area contributed by atoms with Crippen molar-refractivity contribution in [1.29, 1.82) is 0 Å². The van der Waals surface area contributed by atoms with E-state index in [-0.39, 0.29) is 12.1 Å². The lowest BCUT2D eigenvalue weighted by Crippen LogP contribution is -2.42. The van der Waals surface area contributed by atoms with Gasteiger partial charge < -0.3 is 20.7 Å². The molecule has 0 unspecified atom stereocenters. The minimum Gasteiger partial charge on any atom is -0.489 e. The van der Waals surface area contributed by atoms with Crippen molar-refractivity contribution in [2.75, 3.05) is 10.6 Å². The van der Waals surface area contributed by atoms with Gasteiger partial charge in [0.15, 0.2) is 0 Å². The van der Waals surface area contributed by atoms with E-state index < -0.39 is 0 Å². The molecule has 6 nitrogen and oxygen atoms in total. The highest BCUT2D eigenvalue weighted by Gasteiger charge is 2.23. The summed E-state index contributed by atoms with van der Waals surface area (Å²) in [5, 5.41) is 10.8. The Morgan fingerprint density at radius 1 is 0.889 bits per heavy atom. The Morgan fingerprint density at radius 2 is 1.58 bits per heavy atom. The third-order valence-electron chi connectivity index (χ3n) is 6.70. The first-order valence-electron chi connectivity index (χ1n) is 12.6. The molecule has 1 fully saturated rings. The molecule has 5 rings (SSSR count). The monoisotopic (exact) mass is 480 g/mol. The van der Waals surface area contributed by atoms with Crippen molar-refractivity contribution in [3.63, 3.8) is 0 Å². The van der Waals surface area contributed by atoms with Crippen LogP contribution < -0.4 is 20.7 Å². The normalized spacial score (nSPS) is 17.4. The average Bonchev–Trinajstić information content (AvgIpc) is 2.90. The molecule has 0 saturated heterocycles. The lowest BCUT2D eigenvalue weighted by atomic mass is 9.91. The number of benzene rings is 3. The van der Waals surface area contributed by atoms with Gasteiger partial charge in [-0.25, -0.2) is 9.78 Å². The minimum atomic E-state index is -0.170. The summed E-state index contributed by atoms with van der Waals surface area (Å²) in [6.07, 6.45) is 3.85. The first-order valence-corrected chi connectivity index (χ1v) is 12.6. The number of nitrogens with zero attached hydrogens (tertiary/aromatic N) is 1. The summed E-state index contributed by atoms with van der Waals surface area (Å²) < 4.78 is 5.81. The topological polar surface area (TPSA) is 75.3 Å². The quantitative estimate of drug-likeness (QED) is 0.276. The molecule has 0 spiro atoms. The summed E-state index contributed by atoms with van der Waals surface area (Å²) in [4.78, 5) is 17.3. The van der Waals surface area contributed by atoms with E-state index in [9.17, 15) is 4.79 Å². The van der Waals surface area contributed by atoms with Crippen LogP contribution in [0.5, 0.6) is 5.75 Å². The first kappa shape index (κ1) is 23.7. The van der Waals surface area contributed by atoms with Crippen LogP contribution in [0.1, 0.15) is 36.8 Å². The molecule has 0 radical (unpaired) electrons. The van der Waals surface area contributed by atoms with Crippen LogP contribution >= 0.6 is 0 Å². The number of aryl methyl sites for hydroxylation is 1. The van der Waals surface area contributed by atoms with Gasteiger partial charge in [0.2, 0.25) is 0 Å². The molecule has 1 aliphatic rings. The maximum atomic E-state index is 12.5. The Balaban J connectivity index is 1.06. The number of carbonyl (C=O) groups is 1. The predicted molar refractivity (Wildman–Crippen MR) is 146 cm³/mol. The number of urea groups is 1. The average molecular weight is 481 g/mol. The molecule has 1 saturated carbocycles. The number of hydrogen-bond acceptors (Lipinski definition) is 4. The Hall–Kier alpha value is -4.06. The second kappa shape index (κ2) is 11.1. The van der Waals surface area contributed by atoms with Gasteiger partial charge in [0.1, 0.15) is 18.2 Å². The molecule has 1 heterocycles. The van der Waals surface area contributed by atoms with Gasteiger partial charge in [0.25, 0.3) is 0 Å². The van der Waals surface area contributed by atoms with Gasteiger partial charge in [-0.1, -0.05) is 48.5 Å². The van der Waals surface area contributed by atoms with E-state index in [4.69, 9.17) is 9.72 Å². The lowest BCUT2D eigenvalue weighted by molar-refractivity contribution is 0.243. The Morgan fingerprint density at radius 3 is 2.36 bits per heavy atom. The summed E-state index contributed by atoms with van der Waals surface area (Å²) in [7, 11) is 0. The maximum Gasteiger partial charge on any atom is 0.319 e. The highest BCUT2D eigenvalue weighted by atomic mass is 16.5. The molecular formula is C30H32N4O2. The maximum absolute atomic E-state index is 12.5. The molecule has 3 aromatic carbocycles. The highest BCUT2D eigenvalue weighted by molar-refractivity contribution is 5.89. The summed E-state index contributed by atoms with van der Waals surface area (Å²) in [6.45, 7) is 2.64. The molecular weight excluding hydrogens is 448 g/mol. The molecule has 0 aliphatic heterocycles. The van der Waals surface area contributed by atoms with Gasteiger partial charge in [-0.05, 0) is 80.1 Å². The number of ether oxygens (including phenoxy) is 1. The molecule has 1 aliphatic carbocycles. The molecule has 4 aromatic rings. The highest BCUT2D eigenvalue weighted by Crippen LogP contribution is 2.25. The molecule has 0 bridgehead atoms. The van der Waals surface area contributed by atoms with Crippen LogP contribution in [0.2, 0.25) is 0 Å². The fourth-order valence-electron chi connectivity index (χ4n) is 4.74. The number of carbonyl (C=O) groups excluding carboxylic acids is 1. The fraction of sp³-hybridized carbons (Fsp3) is 0.267. The number of rotatable bonds is 7. The van der Waals surface area contributed by atoms with Crippen molar-refractivity contribution in [3.8, 4) is 5.75 Å². The van der Waals surface area contributed by atoms with E-state index in [1.165, 1.54) is 10.9 Å². The molecule has 184 valence electrons. The van der Waals surface area contributed by atoms with Crippen LogP contribution in [0, 0.1) is 6.92 Å². The van der Waals surface area contributed by atoms with Gasteiger partial charge in [0, 0.05) is 23.2 Å². The van der Waals surface area contributed by atoms with Crippen molar-refractivity contribution in [2.24, 2.45) is 0 Å². The third kappa shape index (κ3) is 6.13. The zero-order valence-corrected chi connectivity index (χ0v) is 20.5. The second-order valence-corrected chi connectivity index (χ2v) is 9.43. The molecule has 6 heteroatoms. The predicted octanol–water partition coefficient (Wildman–Crippen LogP) is 6.67. The zero-order valence-electron chi connectivity index (χ0n) is 20.5. The van der Waals surface area contributed by atoms with E-state index in [1.807, 2.05) is 66.7 Å². The van der Waals surface area contributed by atoms with E-state index in [1.54, 1.807) is 0 Å². The molecule has 1 aromatic heterocycles. The summed E-state index contributed by atoms with van der Waals surface area (Å²) in [5.74, 6) is 1.70. The lowest BCUT2D eigenvalue weighted by Gasteiger charge is -2.30. The molecule has 36 heavy (non-hydrogen) atoms. The molecule has 3 N–H and O–H groups in total. The number of aromatic nitrogens is 1. The van der Waals surface area contributed by atoms with Gasteiger partial charge in [-0.15, -0.1) is 0 Å². The van der Waals surface area contributed by atoms with E-state index >= 15 is 0 Å². The second-order valence-electron chi connectivity index (χ2n) is 9.43. The smallest absolute Gasteiger partial charge is 0.319 e. The van der Waals surface area contributed by atoms with Gasteiger partial charge in [-0.2, -0.15) is 0 Å². The van der Waals surface area contributed by atoms with Crippen LogP contribution in [-0.2, 0) is 6.61 Å². The number of anilines is 2. The van der Waals surface area contributed by atoms with Crippen molar-refractivity contribution in [1.82, 2.24) is 10.3 Å². The number of para-hydroxylation sites is 1. The van der Waals surface area contributed by atoms with Gasteiger partial charge in [0.05, 0.1) is 5.52 Å². The largest absolute Gasteiger partial charge is 0.489 e. The minimum absolute atomic E-state index is 0.169. The standard InChI is InChI=1S/C30H32N4O2/c1-21-19-29(34-28-10-6-5-9-27(21)28)31-23-11-13-24(14-12-23)32-30(35)33-25-15-17-26(18-16-25)36-20-22-7-3-2-4-8-22/h2-10,15-19,23-24H,11-14,20H2,1H3,(H,31,34)(H2,32,33,35). The Kier molecular flexibility index (Phi) is 7.31. The zero-order chi connectivity index (χ0) is 24.7. The number of nitrogens with one attached hydrogen (secondary N) is 3. The SMILES string of the molecule is Cc1cc(NC2CCC(NC(=O)Nc3ccc(OCc4ccccc4)cc3)CC2)nc2ccccc12. The van der Waals surface area contributed by atoms with Crippen LogP contribution in [0.25, 0.3) is 10.9 Å². The van der Waals surface area contributed by atoms with Crippen LogP contribution in [0.15, 0.2) is 84.9 Å². The third-order valence-corrected chi connectivity index (χ3v) is 6.70. The Labute approximate surface area is 212 Å². The van der Waals surface area contributed by atoms with Crippen LogP contribution in [0.3, 0.4) is 0 Å². The molecule has 0 atom stereocenters. The number of pyridine rings is 1. The van der Waals surface area contributed by atoms with Crippen LogP contribution in [-0.4, -0.2) is 23.1 Å². The van der Waals surface area contributed by atoms with Crippen molar-refractivity contribution in [3.05, 3.63) is 96.1 Å².